The van der Waals surface area contributed by atoms with Crippen molar-refractivity contribution in [3.63, 3.8) is 0 Å². The first-order chi connectivity index (χ1) is 9.10. The number of hydrogen-bond donors (Lipinski definition) is 1. The zero-order chi connectivity index (χ0) is 14.3. The molecule has 0 amide bonds. The molecule has 1 aromatic rings. The number of ether oxygens (including phenoxy) is 1. The predicted octanol–water partition coefficient (Wildman–Crippen LogP) is 3.92. The van der Waals surface area contributed by atoms with Crippen molar-refractivity contribution in [2.75, 3.05) is 6.61 Å². The van der Waals surface area contributed by atoms with Crippen molar-refractivity contribution >= 4 is 0 Å². The molecule has 0 aliphatic rings. The first-order valence-corrected chi connectivity index (χ1v) is 7.27. The fourth-order valence-corrected chi connectivity index (χ4v) is 2.01. The quantitative estimate of drug-likeness (QED) is 0.774. The third-order valence-electron chi connectivity index (χ3n) is 3.66. The highest BCUT2D eigenvalue weighted by atomic mass is 19.1. The molecule has 1 aromatic carbocycles. The van der Waals surface area contributed by atoms with Crippen molar-refractivity contribution in [3.8, 4) is 5.75 Å². The summed E-state index contributed by atoms with van der Waals surface area (Å²) in [5.41, 5.74) is 6.83. The van der Waals surface area contributed by atoms with Gasteiger partial charge in [0.05, 0.1) is 6.61 Å². The summed E-state index contributed by atoms with van der Waals surface area (Å²) in [5.74, 6) is 1.10. The molecule has 0 heterocycles. The maximum Gasteiger partial charge on any atom is 0.123 e. The maximum absolute atomic E-state index is 13.3. The normalized spacial score (nSPS) is 12.7. The minimum Gasteiger partial charge on any atom is -0.493 e. The van der Waals surface area contributed by atoms with Crippen LogP contribution in [0, 0.1) is 11.7 Å². The Morgan fingerprint density at radius 1 is 1.16 bits per heavy atom. The van der Waals surface area contributed by atoms with Crippen LogP contribution >= 0.6 is 0 Å². The molecule has 3 heteroatoms. The van der Waals surface area contributed by atoms with Crippen LogP contribution in [0.5, 0.6) is 5.75 Å². The van der Waals surface area contributed by atoms with Crippen molar-refractivity contribution in [2.24, 2.45) is 11.7 Å². The fraction of sp³-hybridized carbons (Fsp3) is 0.625. The van der Waals surface area contributed by atoms with E-state index in [1.54, 1.807) is 6.07 Å². The van der Waals surface area contributed by atoms with E-state index in [4.69, 9.17) is 10.5 Å². The molecule has 19 heavy (non-hydrogen) atoms. The van der Waals surface area contributed by atoms with Gasteiger partial charge in [0.1, 0.15) is 11.6 Å². The van der Waals surface area contributed by atoms with Crippen molar-refractivity contribution in [2.45, 2.75) is 52.5 Å². The fourth-order valence-electron chi connectivity index (χ4n) is 2.01. The molecule has 1 atom stereocenters. The zero-order valence-electron chi connectivity index (χ0n) is 12.3. The van der Waals surface area contributed by atoms with Crippen LogP contribution in [0.15, 0.2) is 18.2 Å². The van der Waals surface area contributed by atoms with Crippen LogP contribution in [0.3, 0.4) is 0 Å². The molecule has 2 nitrogen and oxygen atoms in total. The third kappa shape index (κ3) is 5.19. The molecule has 0 bridgehead atoms. The van der Waals surface area contributed by atoms with Gasteiger partial charge in [0, 0.05) is 6.04 Å². The minimum absolute atomic E-state index is 0.0531. The largest absolute Gasteiger partial charge is 0.493 e. The average molecular weight is 267 g/mol. The van der Waals surface area contributed by atoms with Gasteiger partial charge in [0.15, 0.2) is 0 Å². The first kappa shape index (κ1) is 16.0. The summed E-state index contributed by atoms with van der Waals surface area (Å²) in [6.45, 7) is 7.05. The van der Waals surface area contributed by atoms with E-state index in [1.165, 1.54) is 12.1 Å². The van der Waals surface area contributed by atoms with E-state index in [-0.39, 0.29) is 11.9 Å². The van der Waals surface area contributed by atoms with Crippen LogP contribution < -0.4 is 10.5 Å². The topological polar surface area (TPSA) is 35.2 Å². The maximum atomic E-state index is 13.3. The van der Waals surface area contributed by atoms with Gasteiger partial charge in [0.2, 0.25) is 0 Å². The van der Waals surface area contributed by atoms with Gasteiger partial charge in [-0.25, -0.2) is 4.39 Å². The van der Waals surface area contributed by atoms with Gasteiger partial charge in [-0.1, -0.05) is 33.6 Å². The van der Waals surface area contributed by atoms with Gasteiger partial charge in [0.25, 0.3) is 0 Å². The van der Waals surface area contributed by atoms with Gasteiger partial charge in [-0.2, -0.15) is 0 Å². The smallest absolute Gasteiger partial charge is 0.123 e. The molecule has 0 aliphatic heterocycles. The molecule has 108 valence electrons. The molecular formula is C16H26FNO. The van der Waals surface area contributed by atoms with Gasteiger partial charge in [-0.15, -0.1) is 0 Å². The van der Waals surface area contributed by atoms with Crippen molar-refractivity contribution < 1.29 is 9.13 Å². The third-order valence-corrected chi connectivity index (χ3v) is 3.66. The highest BCUT2D eigenvalue weighted by molar-refractivity contribution is 5.34. The van der Waals surface area contributed by atoms with Gasteiger partial charge >= 0.3 is 0 Å². The average Bonchev–Trinajstić information content (AvgIpc) is 2.41. The zero-order valence-corrected chi connectivity index (χ0v) is 12.3. The van der Waals surface area contributed by atoms with E-state index in [2.05, 4.69) is 13.8 Å². The minimum atomic E-state index is -0.229. The van der Waals surface area contributed by atoms with Gasteiger partial charge < -0.3 is 10.5 Å². The summed E-state index contributed by atoms with van der Waals surface area (Å²) >= 11 is 0. The number of benzene rings is 1. The Balaban J connectivity index is 2.75. The monoisotopic (exact) mass is 267 g/mol. The second kappa shape index (κ2) is 8.16. The Morgan fingerprint density at radius 3 is 2.42 bits per heavy atom. The van der Waals surface area contributed by atoms with Crippen LogP contribution in [-0.4, -0.2) is 12.6 Å². The van der Waals surface area contributed by atoms with E-state index in [1.807, 2.05) is 6.92 Å². The Morgan fingerprint density at radius 2 is 1.84 bits per heavy atom. The van der Waals surface area contributed by atoms with Crippen molar-refractivity contribution in [3.05, 3.63) is 29.6 Å². The number of halogens is 1. The Hall–Kier alpha value is -1.09. The van der Waals surface area contributed by atoms with Crippen LogP contribution in [0.4, 0.5) is 4.39 Å². The van der Waals surface area contributed by atoms with Crippen LogP contribution in [-0.2, 0) is 6.42 Å². The van der Waals surface area contributed by atoms with E-state index in [9.17, 15) is 4.39 Å². The van der Waals surface area contributed by atoms with E-state index in [0.29, 0.717) is 18.9 Å². The van der Waals surface area contributed by atoms with Crippen LogP contribution in [0.25, 0.3) is 0 Å². The van der Waals surface area contributed by atoms with Gasteiger partial charge in [-0.05, 0) is 42.5 Å². The first-order valence-electron chi connectivity index (χ1n) is 7.27. The second-order valence-corrected chi connectivity index (χ2v) is 5.12. The van der Waals surface area contributed by atoms with Crippen LogP contribution in [0.2, 0.25) is 0 Å². The number of nitrogens with two attached hydrogens (primary N) is 1. The summed E-state index contributed by atoms with van der Waals surface area (Å²) in [7, 11) is 0. The number of hydrogen-bond acceptors (Lipinski definition) is 2. The predicted molar refractivity (Wildman–Crippen MR) is 77.9 cm³/mol. The molecule has 0 saturated carbocycles. The highest BCUT2D eigenvalue weighted by Gasteiger charge is 2.11. The highest BCUT2D eigenvalue weighted by Crippen LogP contribution is 2.23. The molecule has 2 N–H and O–H groups in total. The van der Waals surface area contributed by atoms with E-state index >= 15 is 0 Å². The summed E-state index contributed by atoms with van der Waals surface area (Å²) < 4.78 is 19.2. The molecule has 0 radical (unpaired) electrons. The second-order valence-electron chi connectivity index (χ2n) is 5.12. The SMILES string of the molecule is CCC(N)Cc1cc(F)ccc1OCC(CC)CC. The number of rotatable bonds is 8. The lowest BCUT2D eigenvalue weighted by Gasteiger charge is -2.17. The lowest BCUT2D eigenvalue weighted by molar-refractivity contribution is 0.238. The summed E-state index contributed by atoms with van der Waals surface area (Å²) in [6.07, 6.45) is 3.73. The Kier molecular flexibility index (Phi) is 6.85. The lowest BCUT2D eigenvalue weighted by Crippen LogP contribution is -2.22. The summed E-state index contributed by atoms with van der Waals surface area (Å²) in [5, 5.41) is 0. The lowest BCUT2D eigenvalue weighted by atomic mass is 10.0. The molecule has 0 saturated heterocycles. The van der Waals surface area contributed by atoms with Crippen LogP contribution in [0.1, 0.15) is 45.6 Å². The van der Waals surface area contributed by atoms with E-state index < -0.39 is 0 Å². The molecule has 1 unspecified atom stereocenters. The molecule has 1 rings (SSSR count). The van der Waals surface area contributed by atoms with Crippen molar-refractivity contribution in [1.82, 2.24) is 0 Å². The van der Waals surface area contributed by atoms with E-state index in [0.717, 1.165) is 30.6 Å². The Bertz CT molecular complexity index is 377. The van der Waals surface area contributed by atoms with Crippen molar-refractivity contribution in [1.29, 1.82) is 0 Å². The molecule has 0 aromatic heterocycles. The summed E-state index contributed by atoms with van der Waals surface area (Å²) in [6, 6.07) is 4.76. The van der Waals surface area contributed by atoms with Gasteiger partial charge in [-0.3, -0.25) is 0 Å². The molecule has 0 spiro atoms. The molecule has 0 fully saturated rings. The summed E-state index contributed by atoms with van der Waals surface area (Å²) in [4.78, 5) is 0. The molecule has 0 aliphatic carbocycles. The molecular weight excluding hydrogens is 241 g/mol. The Labute approximate surface area is 116 Å². The standard InChI is InChI=1S/C16H26FNO/c1-4-12(5-2)11-19-16-8-7-14(17)9-13(16)10-15(18)6-3/h7-9,12,15H,4-6,10-11,18H2,1-3H3.